The minimum absolute atomic E-state index is 0.0588. The molecule has 3 heterocycles. The summed E-state index contributed by atoms with van der Waals surface area (Å²) in [6.45, 7) is 8.41. The summed E-state index contributed by atoms with van der Waals surface area (Å²) in [4.78, 5) is 44.9. The average molecular weight is 638 g/mol. The number of alkyl halides is 1. The fourth-order valence-electron chi connectivity index (χ4n) is 6.37. The molecule has 1 aromatic carbocycles. The third-order valence-corrected chi connectivity index (χ3v) is 9.21. The van der Waals surface area contributed by atoms with E-state index in [9.17, 15) is 19.5 Å². The predicted octanol–water partition coefficient (Wildman–Crippen LogP) is 4.67. The number of benzene rings is 1. The van der Waals surface area contributed by atoms with Crippen molar-refractivity contribution in [1.82, 2.24) is 4.90 Å². The molecule has 0 saturated carbocycles. The van der Waals surface area contributed by atoms with Crippen molar-refractivity contribution in [3.8, 4) is 0 Å². The lowest BCUT2D eigenvalue weighted by Crippen LogP contribution is -2.57. The minimum Gasteiger partial charge on any atom is -0.465 e. The van der Waals surface area contributed by atoms with Crippen LogP contribution in [0.5, 0.6) is 0 Å². The van der Waals surface area contributed by atoms with Crippen molar-refractivity contribution in [2.75, 3.05) is 31.2 Å². The van der Waals surface area contributed by atoms with Crippen molar-refractivity contribution < 1.29 is 29.0 Å². The minimum atomic E-state index is -1.16. The fourth-order valence-corrected chi connectivity index (χ4v) is 7.44. The zero-order valence-corrected chi connectivity index (χ0v) is 25.0. The molecule has 1 N–H and O–H groups in total. The van der Waals surface area contributed by atoms with Crippen LogP contribution in [0.3, 0.4) is 0 Å². The van der Waals surface area contributed by atoms with Gasteiger partial charge in [0.05, 0.1) is 24.5 Å². The van der Waals surface area contributed by atoms with E-state index in [0.717, 1.165) is 12.8 Å². The summed E-state index contributed by atoms with van der Waals surface area (Å²) in [5.74, 6) is -2.62. The van der Waals surface area contributed by atoms with Gasteiger partial charge >= 0.3 is 5.97 Å². The molecule has 2 amide bonds. The number of likely N-dealkylation sites (tertiary alicyclic amines) is 1. The highest BCUT2D eigenvalue weighted by molar-refractivity contribution is 9.09. The number of carbonyl (C=O) groups excluding carboxylic acids is 3. The summed E-state index contributed by atoms with van der Waals surface area (Å²) in [7, 11) is 0. The molecule has 2 bridgehead atoms. The molecule has 0 aromatic heterocycles. The summed E-state index contributed by atoms with van der Waals surface area (Å²) in [5, 5.41) is 9.79. The van der Waals surface area contributed by atoms with E-state index >= 15 is 0 Å². The number of unbranched alkanes of at least 4 members (excludes halogenated alkanes) is 4. The Balaban J connectivity index is 1.67. The van der Waals surface area contributed by atoms with Crippen LogP contribution in [-0.2, 0) is 23.9 Å². The van der Waals surface area contributed by atoms with Gasteiger partial charge in [-0.25, -0.2) is 0 Å². The number of nitrogens with zero attached hydrogens (tertiary/aromatic N) is 2. The molecule has 4 rings (SSSR count). The summed E-state index contributed by atoms with van der Waals surface area (Å²) >= 11 is 9.79. The van der Waals surface area contributed by atoms with Gasteiger partial charge in [-0.15, -0.1) is 13.2 Å². The lowest BCUT2D eigenvalue weighted by Gasteiger charge is -2.37. The maximum Gasteiger partial charge on any atom is 0.312 e. The van der Waals surface area contributed by atoms with Gasteiger partial charge in [0.2, 0.25) is 5.91 Å². The number of aliphatic hydroxyl groups excluding tert-OH is 1. The third-order valence-electron chi connectivity index (χ3n) is 8.12. The van der Waals surface area contributed by atoms with Gasteiger partial charge in [-0.05, 0) is 69.2 Å². The van der Waals surface area contributed by atoms with Crippen LogP contribution >= 0.6 is 27.5 Å². The molecule has 3 fully saturated rings. The van der Waals surface area contributed by atoms with Gasteiger partial charge in [0.1, 0.15) is 11.6 Å². The van der Waals surface area contributed by atoms with E-state index in [2.05, 4.69) is 29.1 Å². The van der Waals surface area contributed by atoms with Crippen molar-refractivity contribution in [3.05, 3.63) is 54.6 Å². The highest BCUT2D eigenvalue weighted by Gasteiger charge is 2.77. The van der Waals surface area contributed by atoms with E-state index in [1.807, 2.05) is 6.08 Å². The van der Waals surface area contributed by atoms with Crippen LogP contribution in [-0.4, -0.2) is 76.7 Å². The highest BCUT2D eigenvalue weighted by Crippen LogP contribution is 2.60. The Morgan fingerprint density at radius 1 is 1.18 bits per heavy atom. The molecule has 3 saturated heterocycles. The van der Waals surface area contributed by atoms with Crippen LogP contribution in [0.2, 0.25) is 5.02 Å². The van der Waals surface area contributed by atoms with Gasteiger partial charge in [0.15, 0.2) is 0 Å². The molecule has 3 aliphatic rings. The van der Waals surface area contributed by atoms with E-state index in [4.69, 9.17) is 21.1 Å². The number of halogens is 2. The van der Waals surface area contributed by atoms with Crippen LogP contribution in [0.1, 0.15) is 44.9 Å². The van der Waals surface area contributed by atoms with Crippen molar-refractivity contribution in [3.63, 3.8) is 0 Å². The number of fused-ring (bicyclic) bond motifs is 1. The second-order valence-electron chi connectivity index (χ2n) is 10.6. The van der Waals surface area contributed by atoms with E-state index in [-0.39, 0.29) is 36.4 Å². The van der Waals surface area contributed by atoms with Crippen LogP contribution in [0, 0.1) is 11.8 Å². The molecule has 0 aliphatic carbocycles. The number of hydrogen-bond acceptors (Lipinski definition) is 6. The second-order valence-corrected chi connectivity index (χ2v) is 12.3. The quantitative estimate of drug-likeness (QED) is 0.130. The van der Waals surface area contributed by atoms with Crippen molar-refractivity contribution >= 4 is 51.0 Å². The van der Waals surface area contributed by atoms with Gasteiger partial charge in [-0.2, -0.15) is 0 Å². The number of rotatable bonds is 15. The van der Waals surface area contributed by atoms with Gasteiger partial charge in [0.25, 0.3) is 5.91 Å². The number of anilines is 1. The number of carbonyl (C=O) groups is 3. The number of esters is 1. The molecule has 3 unspecified atom stereocenters. The van der Waals surface area contributed by atoms with Gasteiger partial charge in [-0.1, -0.05) is 39.7 Å². The maximum absolute atomic E-state index is 14.4. The number of hydrogen-bond donors (Lipinski definition) is 1. The van der Waals surface area contributed by atoms with Crippen LogP contribution in [0.15, 0.2) is 49.6 Å². The molecule has 1 spiro atoms. The number of amides is 2. The zero-order chi connectivity index (χ0) is 28.9. The first kappa shape index (κ1) is 30.8. The van der Waals surface area contributed by atoms with Crippen molar-refractivity contribution in [2.24, 2.45) is 11.8 Å². The molecular weight excluding hydrogens is 600 g/mol. The largest absolute Gasteiger partial charge is 0.465 e. The van der Waals surface area contributed by atoms with E-state index in [1.54, 1.807) is 40.1 Å². The maximum atomic E-state index is 14.4. The molecule has 10 heteroatoms. The summed E-state index contributed by atoms with van der Waals surface area (Å²) < 4.78 is 12.2. The Hall–Kier alpha value is -2.20. The Labute approximate surface area is 249 Å². The Kier molecular flexibility index (Phi) is 10.5. The van der Waals surface area contributed by atoms with E-state index in [0.29, 0.717) is 49.4 Å². The van der Waals surface area contributed by atoms with Gasteiger partial charge < -0.3 is 24.4 Å². The number of aliphatic hydroxyl groups is 1. The van der Waals surface area contributed by atoms with Crippen LogP contribution in [0.25, 0.3) is 0 Å². The van der Waals surface area contributed by atoms with Crippen molar-refractivity contribution in [2.45, 2.75) is 67.5 Å². The summed E-state index contributed by atoms with van der Waals surface area (Å²) in [5.41, 5.74) is -0.539. The van der Waals surface area contributed by atoms with Gasteiger partial charge in [-0.3, -0.25) is 14.4 Å². The van der Waals surface area contributed by atoms with Crippen LogP contribution in [0.4, 0.5) is 5.69 Å². The van der Waals surface area contributed by atoms with Gasteiger partial charge in [0, 0.05) is 35.2 Å². The molecular formula is C30H38BrClN2O6. The standard InChI is InChI=1S/C30H38BrClN2O6/c1-3-5-6-10-18-39-29(38)23-24-27(36)34(16-8-7-9-17-35)26(30(24)19-22(31)25(23)40-30)28(37)33(15-4-2)21-13-11-20(32)12-14-21/h3-4,11-14,22-26,35H,1-2,5-10,15-19H2/t22?,23-,24+,25-,26?,30?/m1/s1. The monoisotopic (exact) mass is 636 g/mol. The molecule has 40 heavy (non-hydrogen) atoms. The highest BCUT2D eigenvalue weighted by atomic mass is 79.9. The summed E-state index contributed by atoms with van der Waals surface area (Å²) in [6, 6.07) is 6.01. The first-order valence-corrected chi connectivity index (χ1v) is 15.3. The number of allylic oxidation sites excluding steroid dienone is 1. The van der Waals surface area contributed by atoms with E-state index in [1.165, 1.54) is 0 Å². The third kappa shape index (κ3) is 5.89. The van der Waals surface area contributed by atoms with E-state index < -0.39 is 35.6 Å². The predicted molar refractivity (Wildman–Crippen MR) is 157 cm³/mol. The van der Waals surface area contributed by atoms with Crippen LogP contribution < -0.4 is 4.90 Å². The molecule has 0 radical (unpaired) electrons. The Bertz CT molecular complexity index is 1100. The molecule has 8 nitrogen and oxygen atoms in total. The Morgan fingerprint density at radius 3 is 2.60 bits per heavy atom. The molecule has 6 atom stereocenters. The lowest BCUT2D eigenvalue weighted by molar-refractivity contribution is -0.155. The topological polar surface area (TPSA) is 96.4 Å². The lowest BCUT2D eigenvalue weighted by atomic mass is 9.70. The number of ether oxygens (including phenoxy) is 2. The Morgan fingerprint density at radius 2 is 1.93 bits per heavy atom. The second kappa shape index (κ2) is 13.6. The van der Waals surface area contributed by atoms with Crippen molar-refractivity contribution in [1.29, 1.82) is 0 Å². The first-order valence-electron chi connectivity index (χ1n) is 14.0. The summed E-state index contributed by atoms with van der Waals surface area (Å²) in [6.07, 6.45) is 7.63. The molecule has 3 aliphatic heterocycles. The zero-order valence-electron chi connectivity index (χ0n) is 22.7. The normalized spacial score (nSPS) is 28.4. The SMILES string of the molecule is C=CCCCCOC(=O)[C@H]1[C@@H]2OC3(CC2Br)C(C(=O)N(CC=C)c2ccc(Cl)cc2)N(CCCCCO)C(=O)[C@H]13. The molecule has 218 valence electrons. The smallest absolute Gasteiger partial charge is 0.312 e. The molecule has 1 aromatic rings. The fraction of sp³-hybridized carbons (Fsp3) is 0.567. The first-order chi connectivity index (χ1) is 19.3. The average Bonchev–Trinajstić information content (AvgIpc) is 3.53.